The van der Waals surface area contributed by atoms with Crippen molar-refractivity contribution in [2.75, 3.05) is 19.7 Å². The van der Waals surface area contributed by atoms with E-state index in [1.807, 2.05) is 27.7 Å². The predicted molar refractivity (Wildman–Crippen MR) is 183 cm³/mol. The molecule has 1 amide bonds. The number of hydrogen-bond acceptors (Lipinski definition) is 6. The summed E-state index contributed by atoms with van der Waals surface area (Å²) in [6.07, 6.45) is 11.2. The molecular weight excluding hydrogens is 590 g/mol. The molecule has 5 saturated carbocycles. The quantitative estimate of drug-likeness (QED) is 0.302. The van der Waals surface area contributed by atoms with Crippen LogP contribution in [0.2, 0.25) is 0 Å². The summed E-state index contributed by atoms with van der Waals surface area (Å²) in [5.41, 5.74) is 1.78. The highest BCUT2D eigenvalue weighted by molar-refractivity contribution is 5.68. The minimum atomic E-state index is -0.570. The van der Waals surface area contributed by atoms with Gasteiger partial charge in [-0.2, -0.15) is 0 Å². The molecule has 0 radical (unpaired) electrons. The van der Waals surface area contributed by atoms with Crippen LogP contribution in [0.5, 0.6) is 0 Å². The topological polar surface area (TPSA) is 77.5 Å². The van der Waals surface area contributed by atoms with Crippen LogP contribution in [0.1, 0.15) is 127 Å². The Balaban J connectivity index is 1.09. The van der Waals surface area contributed by atoms with Crippen LogP contribution in [0, 0.1) is 50.7 Å². The Labute approximate surface area is 284 Å². The second-order valence-electron chi connectivity index (χ2n) is 19.3. The number of hydrogen-bond donors (Lipinski definition) is 1. The fraction of sp³-hybridized carbons (Fsp3) is 0.925. The number of fused-ring (bicyclic) bond motifs is 4. The summed E-state index contributed by atoms with van der Waals surface area (Å²) in [7, 11) is 0. The van der Waals surface area contributed by atoms with Gasteiger partial charge in [0, 0.05) is 6.54 Å². The SMILES string of the molecule is C=C(C)[C@@H](O)C1C[C@@H](C)[C@H]2C(C[C@@]3(CC)C4CC[C@H]5C(C)(C)[C@@H](O[C@H]6CN(C(=O)OC(C)(C)C)CCO6)CC[C@@]56C[C@@]46CC[C@]23C)O1. The fourth-order valence-corrected chi connectivity index (χ4v) is 14.0. The summed E-state index contributed by atoms with van der Waals surface area (Å²) in [5, 5.41) is 11.0. The molecule has 7 aliphatic rings. The van der Waals surface area contributed by atoms with Gasteiger partial charge in [-0.3, -0.25) is 0 Å². The molecule has 1 N–H and O–H groups in total. The first-order chi connectivity index (χ1) is 21.9. The number of amides is 1. The van der Waals surface area contributed by atoms with Gasteiger partial charge >= 0.3 is 6.09 Å². The zero-order valence-electron chi connectivity index (χ0n) is 31.0. The van der Waals surface area contributed by atoms with Crippen molar-refractivity contribution >= 4 is 6.09 Å². The van der Waals surface area contributed by atoms with Crippen LogP contribution in [0.4, 0.5) is 4.79 Å². The molecule has 2 saturated heterocycles. The lowest BCUT2D eigenvalue weighted by Crippen LogP contribution is -2.59. The van der Waals surface area contributed by atoms with Crippen molar-refractivity contribution in [2.24, 2.45) is 50.7 Å². The number of rotatable bonds is 5. The Kier molecular flexibility index (Phi) is 8.16. The first-order valence-electron chi connectivity index (χ1n) is 19.2. The average molecular weight is 656 g/mol. The van der Waals surface area contributed by atoms with Gasteiger partial charge in [-0.15, -0.1) is 0 Å². The second-order valence-corrected chi connectivity index (χ2v) is 19.3. The lowest BCUT2D eigenvalue weighted by atomic mass is 9.40. The first kappa shape index (κ1) is 34.3. The van der Waals surface area contributed by atoms with Crippen LogP contribution in [-0.2, 0) is 18.9 Å². The zero-order valence-corrected chi connectivity index (χ0v) is 31.0. The summed E-state index contributed by atoms with van der Waals surface area (Å²) in [6, 6.07) is 0. The van der Waals surface area contributed by atoms with Crippen molar-refractivity contribution in [3.63, 3.8) is 0 Å². The maximum atomic E-state index is 12.8. The molecular formula is C40H65NO6. The molecule has 13 atom stereocenters. The first-order valence-corrected chi connectivity index (χ1v) is 19.2. The van der Waals surface area contributed by atoms with Crippen LogP contribution < -0.4 is 0 Å². The van der Waals surface area contributed by atoms with E-state index >= 15 is 0 Å². The number of aliphatic hydroxyl groups excluding tert-OH is 1. The van der Waals surface area contributed by atoms with E-state index < -0.39 is 18.0 Å². The van der Waals surface area contributed by atoms with Crippen LogP contribution in [-0.4, -0.2) is 72.1 Å². The molecule has 0 bridgehead atoms. The van der Waals surface area contributed by atoms with Crippen molar-refractivity contribution in [2.45, 2.75) is 163 Å². The molecule has 2 heterocycles. The molecule has 0 aromatic heterocycles. The molecule has 266 valence electrons. The van der Waals surface area contributed by atoms with Gasteiger partial charge in [0.15, 0.2) is 6.29 Å². The molecule has 7 heteroatoms. The van der Waals surface area contributed by atoms with Crippen molar-refractivity contribution in [3.05, 3.63) is 12.2 Å². The summed E-state index contributed by atoms with van der Waals surface area (Å²) < 4.78 is 25.5. The van der Waals surface area contributed by atoms with Gasteiger partial charge in [-0.05, 0) is 148 Å². The van der Waals surface area contributed by atoms with E-state index in [-0.39, 0.29) is 35.2 Å². The molecule has 47 heavy (non-hydrogen) atoms. The number of carbonyl (C=O) groups excluding carboxylic acids is 1. The summed E-state index contributed by atoms with van der Waals surface area (Å²) >= 11 is 0. The van der Waals surface area contributed by atoms with E-state index in [0.29, 0.717) is 53.7 Å². The van der Waals surface area contributed by atoms with E-state index in [4.69, 9.17) is 18.9 Å². The molecule has 5 aliphatic carbocycles. The van der Waals surface area contributed by atoms with Gasteiger partial charge in [0.2, 0.25) is 0 Å². The summed E-state index contributed by atoms with van der Waals surface area (Å²) in [5.74, 6) is 2.50. The highest BCUT2D eigenvalue weighted by Gasteiger charge is 2.83. The molecule has 3 unspecified atom stereocenters. The Morgan fingerprint density at radius 3 is 2.47 bits per heavy atom. The molecule has 0 aromatic carbocycles. The molecule has 2 spiro atoms. The molecule has 7 nitrogen and oxygen atoms in total. The van der Waals surface area contributed by atoms with Crippen molar-refractivity contribution in [1.29, 1.82) is 0 Å². The molecule has 7 rings (SSSR count). The van der Waals surface area contributed by atoms with Gasteiger partial charge in [0.25, 0.3) is 0 Å². The number of aliphatic hydroxyl groups is 1. The number of carbonyl (C=O) groups is 1. The highest BCUT2D eigenvalue weighted by atomic mass is 16.7. The number of morpholine rings is 1. The van der Waals surface area contributed by atoms with E-state index in [9.17, 15) is 9.90 Å². The van der Waals surface area contributed by atoms with Crippen LogP contribution >= 0.6 is 0 Å². The Hall–Kier alpha value is -1.15. The van der Waals surface area contributed by atoms with Crippen molar-refractivity contribution in [3.8, 4) is 0 Å². The van der Waals surface area contributed by atoms with E-state index in [1.54, 1.807) is 4.90 Å². The van der Waals surface area contributed by atoms with E-state index in [1.165, 1.54) is 44.9 Å². The lowest BCUT2D eigenvalue weighted by Gasteiger charge is -2.64. The van der Waals surface area contributed by atoms with Gasteiger partial charge in [-0.1, -0.05) is 41.2 Å². The van der Waals surface area contributed by atoms with E-state index in [2.05, 4.69) is 41.2 Å². The predicted octanol–water partition coefficient (Wildman–Crippen LogP) is 8.13. The fourth-order valence-electron chi connectivity index (χ4n) is 14.0. The smallest absolute Gasteiger partial charge is 0.410 e. The van der Waals surface area contributed by atoms with Gasteiger partial charge in [0.05, 0.1) is 31.5 Å². The van der Waals surface area contributed by atoms with Crippen molar-refractivity contribution in [1.82, 2.24) is 4.90 Å². The third-order valence-corrected chi connectivity index (χ3v) is 15.8. The highest BCUT2D eigenvalue weighted by Crippen LogP contribution is 2.89. The van der Waals surface area contributed by atoms with Crippen LogP contribution in [0.15, 0.2) is 12.2 Å². The van der Waals surface area contributed by atoms with E-state index in [0.717, 1.165) is 30.8 Å². The molecule has 7 fully saturated rings. The Morgan fingerprint density at radius 2 is 1.79 bits per heavy atom. The standard InChI is InChI=1S/C40H65NO6/c1-11-38-21-27-32(25(4)20-26(45-27)33(42)24(2)3)37(38,10)16-17-40-23-39(40)15-14-30(36(8,9)28(39)12-13-29(38)40)46-31-22-41(18-19-44-31)34(43)47-35(5,6)7/h25-33,42H,2,11-23H2,1,3-10H3/t25-,26?,27?,28+,29?,30+,31+,32+,33-,37-,38+,39-,40+/m1/s1. The normalized spacial score (nSPS) is 49.0. The lowest BCUT2D eigenvalue weighted by molar-refractivity contribution is -0.245. The second kappa shape index (κ2) is 11.2. The van der Waals surface area contributed by atoms with Crippen LogP contribution in [0.25, 0.3) is 0 Å². The Morgan fingerprint density at radius 1 is 1.09 bits per heavy atom. The maximum Gasteiger partial charge on any atom is 0.410 e. The average Bonchev–Trinajstić information content (AvgIpc) is 3.58. The van der Waals surface area contributed by atoms with Crippen LogP contribution in [0.3, 0.4) is 0 Å². The minimum Gasteiger partial charge on any atom is -0.444 e. The van der Waals surface area contributed by atoms with Crippen molar-refractivity contribution < 1.29 is 28.8 Å². The number of ether oxygens (including phenoxy) is 4. The number of nitrogens with zero attached hydrogens (tertiary/aromatic N) is 1. The summed E-state index contributed by atoms with van der Waals surface area (Å²) in [4.78, 5) is 14.6. The Bertz CT molecular complexity index is 1260. The van der Waals surface area contributed by atoms with Gasteiger partial charge in [-0.25, -0.2) is 4.79 Å². The monoisotopic (exact) mass is 655 g/mol. The third-order valence-electron chi connectivity index (χ3n) is 15.8. The summed E-state index contributed by atoms with van der Waals surface area (Å²) in [6.45, 7) is 25.7. The third kappa shape index (κ3) is 4.88. The van der Waals surface area contributed by atoms with Gasteiger partial charge < -0.3 is 29.0 Å². The zero-order chi connectivity index (χ0) is 33.9. The molecule has 2 aliphatic heterocycles. The largest absolute Gasteiger partial charge is 0.444 e. The molecule has 0 aromatic rings. The van der Waals surface area contributed by atoms with Gasteiger partial charge in [0.1, 0.15) is 11.7 Å². The maximum absolute atomic E-state index is 12.8. The minimum absolute atomic E-state index is 0.0393.